The monoisotopic (exact) mass is 390 g/mol. The first-order chi connectivity index (χ1) is 12.3. The molecule has 2 heterocycles. The van der Waals surface area contributed by atoms with Crippen LogP contribution in [-0.4, -0.2) is 26.1 Å². The molecule has 26 heavy (non-hydrogen) atoms. The Labute approximate surface area is 156 Å². The van der Waals surface area contributed by atoms with Gasteiger partial charge in [-0.25, -0.2) is 4.98 Å². The van der Waals surface area contributed by atoms with E-state index in [2.05, 4.69) is 10.3 Å². The molecule has 0 fully saturated rings. The van der Waals surface area contributed by atoms with Gasteiger partial charge < -0.3 is 5.32 Å². The number of nitrogens with zero attached hydrogens (tertiary/aromatic N) is 3. The lowest BCUT2D eigenvalue weighted by Crippen LogP contribution is -2.20. The standard InChI is InChI=1S/C16H14N4O4S2/c1-9-6-12-14(26-9)18-16(19(2)15(12)22)25-8-13(21)17-10-4-3-5-11(7-10)20(23)24/h3-7H,8H2,1-2H3,(H,17,21). The average molecular weight is 390 g/mol. The Bertz CT molecular complexity index is 1070. The van der Waals surface area contributed by atoms with Crippen molar-refractivity contribution in [1.82, 2.24) is 9.55 Å². The number of thiophene rings is 1. The summed E-state index contributed by atoms with van der Waals surface area (Å²) in [5.74, 6) is -0.314. The smallest absolute Gasteiger partial charge is 0.271 e. The molecule has 0 aliphatic rings. The molecule has 0 unspecified atom stereocenters. The minimum Gasteiger partial charge on any atom is -0.325 e. The predicted octanol–water partition coefficient (Wildman–Crippen LogP) is 2.94. The summed E-state index contributed by atoms with van der Waals surface area (Å²) in [6, 6.07) is 7.52. The number of fused-ring (bicyclic) bond motifs is 1. The molecule has 1 aromatic carbocycles. The van der Waals surface area contributed by atoms with E-state index < -0.39 is 4.92 Å². The van der Waals surface area contributed by atoms with Crippen LogP contribution in [0.4, 0.5) is 11.4 Å². The minimum atomic E-state index is -0.525. The Balaban J connectivity index is 1.73. The zero-order chi connectivity index (χ0) is 18.8. The third-order valence-electron chi connectivity index (χ3n) is 3.53. The highest BCUT2D eigenvalue weighted by molar-refractivity contribution is 7.99. The molecule has 0 saturated heterocycles. The van der Waals surface area contributed by atoms with Crippen LogP contribution in [0.25, 0.3) is 10.2 Å². The molecule has 2 aromatic heterocycles. The second kappa shape index (κ2) is 7.26. The molecule has 0 radical (unpaired) electrons. The Morgan fingerprint density at radius 1 is 1.42 bits per heavy atom. The summed E-state index contributed by atoms with van der Waals surface area (Å²) in [6.07, 6.45) is 0. The van der Waals surface area contributed by atoms with Gasteiger partial charge in [-0.05, 0) is 19.1 Å². The molecule has 134 valence electrons. The van der Waals surface area contributed by atoms with E-state index >= 15 is 0 Å². The number of rotatable bonds is 5. The first-order valence-electron chi connectivity index (χ1n) is 7.49. The van der Waals surface area contributed by atoms with Crippen LogP contribution in [-0.2, 0) is 11.8 Å². The highest BCUT2D eigenvalue weighted by atomic mass is 32.2. The fourth-order valence-electron chi connectivity index (χ4n) is 2.32. The van der Waals surface area contributed by atoms with Crippen molar-refractivity contribution in [2.24, 2.45) is 7.05 Å². The third-order valence-corrected chi connectivity index (χ3v) is 5.50. The number of nitro benzene ring substituents is 1. The van der Waals surface area contributed by atoms with Gasteiger partial charge in [0.1, 0.15) is 4.83 Å². The van der Waals surface area contributed by atoms with Crippen molar-refractivity contribution in [2.45, 2.75) is 12.1 Å². The largest absolute Gasteiger partial charge is 0.325 e. The van der Waals surface area contributed by atoms with Gasteiger partial charge in [0.25, 0.3) is 11.2 Å². The molecular weight excluding hydrogens is 376 g/mol. The highest BCUT2D eigenvalue weighted by Gasteiger charge is 2.13. The van der Waals surface area contributed by atoms with Crippen LogP contribution >= 0.6 is 23.1 Å². The Hall–Kier alpha value is -2.72. The van der Waals surface area contributed by atoms with Gasteiger partial charge in [0.15, 0.2) is 5.16 Å². The molecule has 3 aromatic rings. The summed E-state index contributed by atoms with van der Waals surface area (Å²) >= 11 is 2.56. The Morgan fingerprint density at radius 2 is 2.19 bits per heavy atom. The van der Waals surface area contributed by atoms with Crippen LogP contribution in [0.3, 0.4) is 0 Å². The number of non-ortho nitro benzene ring substituents is 1. The number of thioether (sulfide) groups is 1. The maximum Gasteiger partial charge on any atom is 0.271 e. The van der Waals surface area contributed by atoms with Gasteiger partial charge in [-0.3, -0.25) is 24.3 Å². The number of aryl methyl sites for hydroxylation is 1. The topological polar surface area (TPSA) is 107 Å². The third kappa shape index (κ3) is 3.75. The van der Waals surface area contributed by atoms with Gasteiger partial charge in [0.2, 0.25) is 5.91 Å². The number of carbonyl (C=O) groups excluding carboxylic acids is 1. The molecule has 0 aliphatic heterocycles. The normalized spacial score (nSPS) is 10.8. The Kier molecular flexibility index (Phi) is 5.05. The quantitative estimate of drug-likeness (QED) is 0.311. The molecule has 3 rings (SSSR count). The molecular formula is C16H14N4O4S2. The molecule has 0 bridgehead atoms. The number of nitrogens with one attached hydrogen (secondary N) is 1. The molecule has 10 heteroatoms. The number of hydrogen-bond acceptors (Lipinski definition) is 7. The van der Waals surface area contributed by atoms with Crippen LogP contribution in [0.2, 0.25) is 0 Å². The van der Waals surface area contributed by atoms with E-state index in [1.807, 2.05) is 6.92 Å². The van der Waals surface area contributed by atoms with Gasteiger partial charge >= 0.3 is 0 Å². The fraction of sp³-hybridized carbons (Fsp3) is 0.188. The molecule has 1 amide bonds. The molecule has 0 spiro atoms. The van der Waals surface area contributed by atoms with Crippen molar-refractivity contribution < 1.29 is 9.72 Å². The molecule has 0 atom stereocenters. The lowest BCUT2D eigenvalue weighted by Gasteiger charge is -2.07. The van der Waals surface area contributed by atoms with Crippen LogP contribution in [0.1, 0.15) is 4.88 Å². The number of benzene rings is 1. The summed E-state index contributed by atoms with van der Waals surface area (Å²) in [5.41, 5.74) is 0.0926. The highest BCUT2D eigenvalue weighted by Crippen LogP contribution is 2.24. The number of amides is 1. The van der Waals surface area contributed by atoms with Crippen molar-refractivity contribution in [1.29, 1.82) is 0 Å². The molecule has 0 saturated carbocycles. The first-order valence-corrected chi connectivity index (χ1v) is 9.29. The number of carbonyl (C=O) groups is 1. The molecule has 8 nitrogen and oxygen atoms in total. The summed E-state index contributed by atoms with van der Waals surface area (Å²) in [7, 11) is 1.61. The second-order valence-electron chi connectivity index (χ2n) is 5.48. The van der Waals surface area contributed by atoms with Gasteiger partial charge in [0.05, 0.1) is 16.1 Å². The van der Waals surface area contributed by atoms with Crippen molar-refractivity contribution in [3.63, 3.8) is 0 Å². The van der Waals surface area contributed by atoms with E-state index in [9.17, 15) is 19.7 Å². The minimum absolute atomic E-state index is 0.0266. The Morgan fingerprint density at radius 3 is 2.92 bits per heavy atom. The van der Waals surface area contributed by atoms with E-state index in [4.69, 9.17) is 0 Å². The number of nitro groups is 1. The van der Waals surface area contributed by atoms with Gasteiger partial charge in [0, 0.05) is 29.7 Å². The predicted molar refractivity (Wildman–Crippen MR) is 102 cm³/mol. The number of aromatic nitrogens is 2. The molecule has 1 N–H and O–H groups in total. The second-order valence-corrected chi connectivity index (χ2v) is 7.66. The van der Waals surface area contributed by atoms with Crippen molar-refractivity contribution in [3.8, 4) is 0 Å². The first kappa shape index (κ1) is 18.1. The van der Waals surface area contributed by atoms with Crippen LogP contribution in [0, 0.1) is 17.0 Å². The summed E-state index contributed by atoms with van der Waals surface area (Å²) in [6.45, 7) is 1.91. The fourth-order valence-corrected chi connectivity index (χ4v) is 4.01. The maximum absolute atomic E-state index is 12.4. The van der Waals surface area contributed by atoms with Crippen LogP contribution in [0.15, 0.2) is 40.3 Å². The summed E-state index contributed by atoms with van der Waals surface area (Å²) < 4.78 is 1.42. The van der Waals surface area contributed by atoms with Crippen molar-refractivity contribution in [2.75, 3.05) is 11.1 Å². The average Bonchev–Trinajstić information content (AvgIpc) is 2.97. The SMILES string of the molecule is Cc1cc2c(=O)n(C)c(SCC(=O)Nc3cccc([N+](=O)[O-])c3)nc2s1. The molecule has 0 aliphatic carbocycles. The summed E-state index contributed by atoms with van der Waals surface area (Å²) in [4.78, 5) is 40.8. The van der Waals surface area contributed by atoms with E-state index in [1.54, 1.807) is 19.2 Å². The van der Waals surface area contributed by atoms with Gasteiger partial charge in [-0.15, -0.1) is 11.3 Å². The lowest BCUT2D eigenvalue weighted by molar-refractivity contribution is -0.384. The van der Waals surface area contributed by atoms with Crippen molar-refractivity contribution >= 4 is 50.6 Å². The van der Waals surface area contributed by atoms with Gasteiger partial charge in [-0.2, -0.15) is 0 Å². The van der Waals surface area contributed by atoms with Crippen molar-refractivity contribution in [3.05, 3.63) is 55.7 Å². The van der Waals surface area contributed by atoms with E-state index in [1.165, 1.54) is 34.1 Å². The number of hydrogen-bond donors (Lipinski definition) is 1. The lowest BCUT2D eigenvalue weighted by atomic mass is 10.3. The van der Waals surface area contributed by atoms with Gasteiger partial charge in [-0.1, -0.05) is 17.8 Å². The van der Waals surface area contributed by atoms with E-state index in [-0.39, 0.29) is 22.9 Å². The zero-order valence-electron chi connectivity index (χ0n) is 13.9. The number of anilines is 1. The van der Waals surface area contributed by atoms with Crippen LogP contribution in [0.5, 0.6) is 0 Å². The summed E-state index contributed by atoms with van der Waals surface area (Å²) in [5, 5.41) is 14.4. The zero-order valence-corrected chi connectivity index (χ0v) is 15.5. The van der Waals surface area contributed by atoms with E-state index in [0.29, 0.717) is 21.1 Å². The maximum atomic E-state index is 12.4. The van der Waals surface area contributed by atoms with E-state index in [0.717, 1.165) is 16.6 Å². The van der Waals surface area contributed by atoms with Crippen LogP contribution < -0.4 is 10.9 Å².